The molecule has 0 saturated carbocycles. The summed E-state index contributed by atoms with van der Waals surface area (Å²) < 4.78 is 18.8. The summed E-state index contributed by atoms with van der Waals surface area (Å²) in [6.07, 6.45) is 0. The van der Waals surface area contributed by atoms with Crippen LogP contribution in [-0.2, 0) is 11.3 Å². The van der Waals surface area contributed by atoms with E-state index < -0.39 is 0 Å². The van der Waals surface area contributed by atoms with Gasteiger partial charge in [0.25, 0.3) is 5.91 Å². The smallest absolute Gasteiger partial charge is 0.251 e. The van der Waals surface area contributed by atoms with E-state index in [1.54, 1.807) is 31.4 Å². The van der Waals surface area contributed by atoms with Gasteiger partial charge in [-0.2, -0.15) is 8.75 Å². The molecule has 0 atom stereocenters. The first-order valence-corrected chi connectivity index (χ1v) is 7.21. The van der Waals surface area contributed by atoms with Gasteiger partial charge in [-0.15, -0.1) is 0 Å². The number of methoxy groups -OCH3 is 1. The maximum Gasteiger partial charge on any atom is 0.251 e. The van der Waals surface area contributed by atoms with Crippen molar-refractivity contribution in [2.24, 2.45) is 0 Å². The van der Waals surface area contributed by atoms with Gasteiger partial charge in [0, 0.05) is 19.2 Å². The molecule has 0 saturated heterocycles. The highest BCUT2D eigenvalue weighted by atomic mass is 32.1. The number of benzene rings is 1. The quantitative estimate of drug-likeness (QED) is 0.790. The molecule has 1 aromatic heterocycles. The van der Waals surface area contributed by atoms with Crippen LogP contribution in [0.5, 0.6) is 5.75 Å². The highest BCUT2D eigenvalue weighted by Gasteiger charge is 2.08. The molecule has 0 aliphatic heterocycles. The van der Waals surface area contributed by atoms with Gasteiger partial charge in [0.15, 0.2) is 0 Å². The molecule has 6 nitrogen and oxygen atoms in total. The van der Waals surface area contributed by atoms with Crippen molar-refractivity contribution in [1.29, 1.82) is 0 Å². The van der Waals surface area contributed by atoms with Gasteiger partial charge in [-0.3, -0.25) is 4.79 Å². The molecule has 0 unspecified atom stereocenters. The third kappa shape index (κ3) is 4.51. The SMILES string of the molecule is COCCNC(=O)c1cccc(OCc2nsnc2C)c1. The molecule has 0 fully saturated rings. The molecular formula is C14H17N3O3S. The van der Waals surface area contributed by atoms with Crippen LogP contribution in [0.1, 0.15) is 21.7 Å². The zero-order valence-corrected chi connectivity index (χ0v) is 12.8. The summed E-state index contributed by atoms with van der Waals surface area (Å²) in [5.74, 6) is 0.478. The highest BCUT2D eigenvalue weighted by molar-refractivity contribution is 6.99. The first kappa shape index (κ1) is 15.4. The Kier molecular flexibility index (Phi) is 5.65. The van der Waals surface area contributed by atoms with Crippen LogP contribution in [0.25, 0.3) is 0 Å². The van der Waals surface area contributed by atoms with E-state index in [1.807, 2.05) is 6.92 Å². The standard InChI is InChI=1S/C14H17N3O3S/c1-10-13(17-21-16-10)9-20-12-5-3-4-11(8-12)14(18)15-6-7-19-2/h3-5,8H,6-7,9H2,1-2H3,(H,15,18). The Morgan fingerprint density at radius 3 is 2.95 bits per heavy atom. The van der Waals surface area contributed by atoms with Crippen molar-refractivity contribution in [2.75, 3.05) is 20.3 Å². The van der Waals surface area contributed by atoms with Crippen molar-refractivity contribution in [2.45, 2.75) is 13.5 Å². The van der Waals surface area contributed by atoms with Crippen LogP contribution in [0.4, 0.5) is 0 Å². The van der Waals surface area contributed by atoms with Crippen LogP contribution < -0.4 is 10.1 Å². The van der Waals surface area contributed by atoms with Crippen LogP contribution in [0.15, 0.2) is 24.3 Å². The average Bonchev–Trinajstić information content (AvgIpc) is 2.91. The maximum atomic E-state index is 11.9. The zero-order valence-electron chi connectivity index (χ0n) is 12.0. The lowest BCUT2D eigenvalue weighted by Crippen LogP contribution is -2.26. The second kappa shape index (κ2) is 7.70. The maximum absolute atomic E-state index is 11.9. The summed E-state index contributed by atoms with van der Waals surface area (Å²) in [7, 11) is 1.59. The Labute approximate surface area is 127 Å². The van der Waals surface area contributed by atoms with Gasteiger partial charge in [0.2, 0.25) is 0 Å². The number of hydrogen-bond donors (Lipinski definition) is 1. The van der Waals surface area contributed by atoms with E-state index in [0.717, 1.165) is 23.1 Å². The molecule has 0 aliphatic carbocycles. The van der Waals surface area contributed by atoms with E-state index >= 15 is 0 Å². The summed E-state index contributed by atoms with van der Waals surface area (Å²) in [6.45, 7) is 3.20. The first-order valence-electron chi connectivity index (χ1n) is 6.48. The van der Waals surface area contributed by atoms with E-state index in [4.69, 9.17) is 9.47 Å². The number of carbonyl (C=O) groups excluding carboxylic acids is 1. The second-order valence-corrected chi connectivity index (χ2v) is 4.89. The Morgan fingerprint density at radius 1 is 1.38 bits per heavy atom. The van der Waals surface area contributed by atoms with E-state index in [0.29, 0.717) is 31.1 Å². The van der Waals surface area contributed by atoms with Crippen molar-refractivity contribution in [1.82, 2.24) is 14.1 Å². The highest BCUT2D eigenvalue weighted by Crippen LogP contribution is 2.16. The van der Waals surface area contributed by atoms with Gasteiger partial charge in [-0.1, -0.05) is 6.07 Å². The Hall–Kier alpha value is -1.99. The number of amides is 1. The summed E-state index contributed by atoms with van der Waals surface area (Å²) >= 11 is 1.16. The second-order valence-electron chi connectivity index (χ2n) is 4.36. The van der Waals surface area contributed by atoms with Gasteiger partial charge in [0.1, 0.15) is 18.1 Å². The molecule has 1 heterocycles. The molecule has 1 amide bonds. The van der Waals surface area contributed by atoms with Crippen molar-refractivity contribution < 1.29 is 14.3 Å². The van der Waals surface area contributed by atoms with Crippen molar-refractivity contribution in [3.63, 3.8) is 0 Å². The fourth-order valence-corrected chi connectivity index (χ4v) is 2.18. The van der Waals surface area contributed by atoms with Gasteiger partial charge in [-0.05, 0) is 25.1 Å². The zero-order chi connectivity index (χ0) is 15.1. The number of carbonyl (C=O) groups is 1. The lowest BCUT2D eigenvalue weighted by atomic mass is 10.2. The van der Waals surface area contributed by atoms with Gasteiger partial charge >= 0.3 is 0 Å². The lowest BCUT2D eigenvalue weighted by molar-refractivity contribution is 0.0936. The monoisotopic (exact) mass is 307 g/mol. The minimum atomic E-state index is -0.149. The van der Waals surface area contributed by atoms with E-state index in [9.17, 15) is 4.79 Å². The van der Waals surface area contributed by atoms with Crippen molar-refractivity contribution >= 4 is 17.6 Å². The van der Waals surface area contributed by atoms with Crippen LogP contribution >= 0.6 is 11.7 Å². The predicted octanol–water partition coefficient (Wildman–Crippen LogP) is 1.80. The number of rotatable bonds is 7. The third-order valence-corrected chi connectivity index (χ3v) is 3.47. The Morgan fingerprint density at radius 2 is 2.24 bits per heavy atom. The van der Waals surface area contributed by atoms with Crippen LogP contribution in [-0.4, -0.2) is 34.9 Å². The number of aromatic nitrogens is 2. The average molecular weight is 307 g/mol. The fourth-order valence-electron chi connectivity index (χ4n) is 1.63. The van der Waals surface area contributed by atoms with Crippen LogP contribution in [0, 0.1) is 6.92 Å². The normalized spacial score (nSPS) is 10.4. The molecule has 2 aromatic rings. The number of nitrogens with one attached hydrogen (secondary N) is 1. The number of hydrogen-bond acceptors (Lipinski definition) is 6. The minimum Gasteiger partial charge on any atom is -0.487 e. The van der Waals surface area contributed by atoms with E-state index in [1.165, 1.54) is 0 Å². The largest absolute Gasteiger partial charge is 0.487 e. The fraction of sp³-hybridized carbons (Fsp3) is 0.357. The van der Waals surface area contributed by atoms with E-state index in [-0.39, 0.29) is 5.91 Å². The molecule has 21 heavy (non-hydrogen) atoms. The molecule has 2 rings (SSSR count). The third-order valence-electron chi connectivity index (χ3n) is 2.81. The molecule has 1 N–H and O–H groups in total. The van der Waals surface area contributed by atoms with Crippen LogP contribution in [0.2, 0.25) is 0 Å². The Balaban J connectivity index is 1.94. The van der Waals surface area contributed by atoms with Gasteiger partial charge < -0.3 is 14.8 Å². The molecule has 112 valence electrons. The van der Waals surface area contributed by atoms with E-state index in [2.05, 4.69) is 14.1 Å². The molecule has 0 bridgehead atoms. The number of nitrogens with zero attached hydrogens (tertiary/aromatic N) is 2. The summed E-state index contributed by atoms with van der Waals surface area (Å²) in [5.41, 5.74) is 2.24. The number of ether oxygens (including phenoxy) is 2. The number of aryl methyl sites for hydroxylation is 1. The summed E-state index contributed by atoms with van der Waals surface area (Å²) in [6, 6.07) is 7.04. The molecule has 7 heteroatoms. The van der Waals surface area contributed by atoms with Crippen molar-refractivity contribution in [3.8, 4) is 5.75 Å². The molecule has 0 spiro atoms. The van der Waals surface area contributed by atoms with Gasteiger partial charge in [0.05, 0.1) is 24.0 Å². The molecular weight excluding hydrogens is 290 g/mol. The lowest BCUT2D eigenvalue weighted by Gasteiger charge is -2.08. The minimum absolute atomic E-state index is 0.149. The van der Waals surface area contributed by atoms with Crippen LogP contribution in [0.3, 0.4) is 0 Å². The predicted molar refractivity (Wildman–Crippen MR) is 79.6 cm³/mol. The topological polar surface area (TPSA) is 73.3 Å². The summed E-state index contributed by atoms with van der Waals surface area (Å²) in [4.78, 5) is 11.9. The summed E-state index contributed by atoms with van der Waals surface area (Å²) in [5, 5.41) is 2.77. The first-order chi connectivity index (χ1) is 10.2. The molecule has 0 radical (unpaired) electrons. The molecule has 1 aromatic carbocycles. The van der Waals surface area contributed by atoms with Crippen molar-refractivity contribution in [3.05, 3.63) is 41.2 Å². The Bertz CT molecular complexity index is 601. The van der Waals surface area contributed by atoms with Gasteiger partial charge in [-0.25, -0.2) is 0 Å². The molecule has 0 aliphatic rings.